The highest BCUT2D eigenvalue weighted by Crippen LogP contribution is 2.35. The van der Waals surface area contributed by atoms with Gasteiger partial charge in [-0.2, -0.15) is 0 Å². The van der Waals surface area contributed by atoms with Crippen LogP contribution in [0.3, 0.4) is 0 Å². The Balaban J connectivity index is 1.66. The van der Waals surface area contributed by atoms with Crippen molar-refractivity contribution < 1.29 is 9.59 Å². The Bertz CT molecular complexity index is 789. The molecule has 4 nitrogen and oxygen atoms in total. The molecule has 1 heterocycles. The van der Waals surface area contributed by atoms with E-state index >= 15 is 0 Å². The van der Waals surface area contributed by atoms with E-state index in [2.05, 4.69) is 19.2 Å². The molecule has 0 saturated heterocycles. The van der Waals surface area contributed by atoms with Gasteiger partial charge < -0.3 is 10.2 Å². The summed E-state index contributed by atoms with van der Waals surface area (Å²) in [4.78, 5) is 27.5. The van der Waals surface area contributed by atoms with E-state index in [0.29, 0.717) is 18.2 Å². The molecule has 1 N–H and O–H groups in total. The Morgan fingerprint density at radius 1 is 1.16 bits per heavy atom. The molecule has 0 bridgehead atoms. The SMILES string of the molecule is CC(C)c1ccccc1NC(=O)CCN1C(=O)CSc2ccccc21. The highest BCUT2D eigenvalue weighted by atomic mass is 32.2. The molecule has 25 heavy (non-hydrogen) atoms. The van der Waals surface area contributed by atoms with Crippen LogP contribution in [0.15, 0.2) is 53.4 Å². The van der Waals surface area contributed by atoms with Crippen molar-refractivity contribution in [3.63, 3.8) is 0 Å². The van der Waals surface area contributed by atoms with Gasteiger partial charge in [-0.15, -0.1) is 11.8 Å². The molecule has 2 aromatic rings. The van der Waals surface area contributed by atoms with Crippen LogP contribution in [0.2, 0.25) is 0 Å². The van der Waals surface area contributed by atoms with Gasteiger partial charge in [-0.3, -0.25) is 9.59 Å². The van der Waals surface area contributed by atoms with E-state index in [4.69, 9.17) is 0 Å². The average Bonchev–Trinajstić information content (AvgIpc) is 2.61. The summed E-state index contributed by atoms with van der Waals surface area (Å²) in [7, 11) is 0. The summed E-state index contributed by atoms with van der Waals surface area (Å²) in [6, 6.07) is 15.7. The Morgan fingerprint density at radius 2 is 1.88 bits per heavy atom. The monoisotopic (exact) mass is 354 g/mol. The van der Waals surface area contributed by atoms with Crippen molar-refractivity contribution in [2.45, 2.75) is 31.1 Å². The van der Waals surface area contributed by atoms with Crippen LogP contribution in [0.5, 0.6) is 0 Å². The molecule has 0 aromatic heterocycles. The number of nitrogens with one attached hydrogen (secondary N) is 1. The summed E-state index contributed by atoms with van der Waals surface area (Å²) >= 11 is 1.55. The van der Waals surface area contributed by atoms with E-state index in [1.165, 1.54) is 0 Å². The lowest BCUT2D eigenvalue weighted by Gasteiger charge is -2.28. The van der Waals surface area contributed by atoms with Crippen molar-refractivity contribution in [2.24, 2.45) is 0 Å². The quantitative estimate of drug-likeness (QED) is 0.872. The van der Waals surface area contributed by atoms with Crippen LogP contribution in [0.25, 0.3) is 0 Å². The molecule has 3 rings (SSSR count). The molecule has 0 saturated carbocycles. The smallest absolute Gasteiger partial charge is 0.237 e. The van der Waals surface area contributed by atoms with Crippen molar-refractivity contribution in [1.82, 2.24) is 0 Å². The van der Waals surface area contributed by atoms with Gasteiger partial charge in [0.15, 0.2) is 0 Å². The number of amides is 2. The maximum absolute atomic E-state index is 12.4. The highest BCUT2D eigenvalue weighted by molar-refractivity contribution is 8.00. The average molecular weight is 354 g/mol. The zero-order valence-corrected chi connectivity index (χ0v) is 15.3. The van der Waals surface area contributed by atoms with Gasteiger partial charge in [0.25, 0.3) is 0 Å². The molecule has 2 amide bonds. The van der Waals surface area contributed by atoms with E-state index in [1.807, 2.05) is 48.5 Å². The van der Waals surface area contributed by atoms with Gasteiger partial charge in [-0.05, 0) is 29.7 Å². The summed E-state index contributed by atoms with van der Waals surface area (Å²) < 4.78 is 0. The van der Waals surface area contributed by atoms with Crippen molar-refractivity contribution in [2.75, 3.05) is 22.5 Å². The Labute approximate surface area is 152 Å². The number of hydrogen-bond acceptors (Lipinski definition) is 3. The zero-order chi connectivity index (χ0) is 17.8. The summed E-state index contributed by atoms with van der Waals surface area (Å²) in [6.45, 7) is 4.60. The Hall–Kier alpha value is -2.27. The van der Waals surface area contributed by atoms with Crippen molar-refractivity contribution in [3.8, 4) is 0 Å². The zero-order valence-electron chi connectivity index (χ0n) is 14.5. The minimum atomic E-state index is -0.0726. The lowest BCUT2D eigenvalue weighted by molar-refractivity contribution is -0.117. The first-order valence-corrected chi connectivity index (χ1v) is 9.46. The number of carbonyl (C=O) groups is 2. The summed E-state index contributed by atoms with van der Waals surface area (Å²) in [6.07, 6.45) is 0.275. The molecule has 5 heteroatoms. The van der Waals surface area contributed by atoms with Gasteiger partial charge in [-0.25, -0.2) is 0 Å². The number of hydrogen-bond donors (Lipinski definition) is 1. The topological polar surface area (TPSA) is 49.4 Å². The third-order valence-corrected chi connectivity index (χ3v) is 5.28. The van der Waals surface area contributed by atoms with E-state index < -0.39 is 0 Å². The Kier molecular flexibility index (Phi) is 5.43. The van der Waals surface area contributed by atoms with Gasteiger partial charge in [0.1, 0.15) is 0 Å². The van der Waals surface area contributed by atoms with Crippen LogP contribution in [-0.4, -0.2) is 24.1 Å². The van der Waals surface area contributed by atoms with Gasteiger partial charge in [0.05, 0.1) is 11.4 Å². The molecule has 1 aliphatic rings. The second-order valence-electron chi connectivity index (χ2n) is 6.34. The molecule has 0 radical (unpaired) electrons. The lowest BCUT2D eigenvalue weighted by atomic mass is 10.0. The first-order chi connectivity index (χ1) is 12.1. The Morgan fingerprint density at radius 3 is 2.68 bits per heavy atom. The molecule has 0 fully saturated rings. The van der Waals surface area contributed by atoms with Crippen LogP contribution >= 0.6 is 11.8 Å². The van der Waals surface area contributed by atoms with E-state index in [9.17, 15) is 9.59 Å². The second kappa shape index (κ2) is 7.74. The molecule has 0 aliphatic carbocycles. The van der Waals surface area contributed by atoms with Crippen molar-refractivity contribution >= 4 is 35.0 Å². The van der Waals surface area contributed by atoms with Crippen LogP contribution in [0, 0.1) is 0 Å². The summed E-state index contributed by atoms with van der Waals surface area (Å²) in [5, 5.41) is 2.99. The number of nitrogens with zero attached hydrogens (tertiary/aromatic N) is 1. The number of anilines is 2. The van der Waals surface area contributed by atoms with E-state index in [-0.39, 0.29) is 18.2 Å². The lowest BCUT2D eigenvalue weighted by Crippen LogP contribution is -2.37. The van der Waals surface area contributed by atoms with E-state index in [0.717, 1.165) is 21.8 Å². The van der Waals surface area contributed by atoms with Crippen LogP contribution in [-0.2, 0) is 9.59 Å². The fourth-order valence-corrected chi connectivity index (χ4v) is 3.88. The van der Waals surface area contributed by atoms with Gasteiger partial charge >= 0.3 is 0 Å². The summed E-state index contributed by atoms with van der Waals surface area (Å²) in [5.74, 6) is 0.745. The minimum Gasteiger partial charge on any atom is -0.326 e. The molecule has 2 aromatic carbocycles. The number of thioether (sulfide) groups is 1. The molecular formula is C20H22N2O2S. The molecule has 0 atom stereocenters. The number of fused-ring (bicyclic) bond motifs is 1. The molecule has 130 valence electrons. The minimum absolute atomic E-state index is 0.0547. The van der Waals surface area contributed by atoms with Gasteiger partial charge in [0, 0.05) is 23.5 Å². The normalized spacial score (nSPS) is 13.7. The number of para-hydroxylation sites is 2. The maximum atomic E-state index is 12.4. The number of rotatable bonds is 5. The first-order valence-electron chi connectivity index (χ1n) is 8.47. The maximum Gasteiger partial charge on any atom is 0.237 e. The molecule has 0 unspecified atom stereocenters. The number of benzene rings is 2. The fraction of sp³-hybridized carbons (Fsp3) is 0.300. The molecular weight excluding hydrogens is 332 g/mol. The molecule has 0 spiro atoms. The fourth-order valence-electron chi connectivity index (χ4n) is 2.94. The van der Waals surface area contributed by atoms with E-state index in [1.54, 1.807) is 16.7 Å². The van der Waals surface area contributed by atoms with Crippen LogP contribution in [0.1, 0.15) is 31.7 Å². The van der Waals surface area contributed by atoms with Crippen LogP contribution < -0.4 is 10.2 Å². The van der Waals surface area contributed by atoms with Crippen LogP contribution in [0.4, 0.5) is 11.4 Å². The number of carbonyl (C=O) groups excluding carboxylic acids is 2. The largest absolute Gasteiger partial charge is 0.326 e. The second-order valence-corrected chi connectivity index (χ2v) is 7.36. The van der Waals surface area contributed by atoms with Crippen molar-refractivity contribution in [3.05, 3.63) is 54.1 Å². The van der Waals surface area contributed by atoms with Crippen molar-refractivity contribution in [1.29, 1.82) is 0 Å². The first kappa shape index (κ1) is 17.5. The standard InChI is InChI=1S/C20H22N2O2S/c1-14(2)15-7-3-4-8-16(15)21-19(23)11-12-22-17-9-5-6-10-18(17)25-13-20(22)24/h3-10,14H,11-13H2,1-2H3,(H,21,23). The van der Waals surface area contributed by atoms with Gasteiger partial charge in [0.2, 0.25) is 11.8 Å². The summed E-state index contributed by atoms with van der Waals surface area (Å²) in [5.41, 5.74) is 2.87. The molecule has 1 aliphatic heterocycles. The van der Waals surface area contributed by atoms with Gasteiger partial charge in [-0.1, -0.05) is 44.2 Å². The predicted molar refractivity (Wildman–Crippen MR) is 103 cm³/mol. The third kappa shape index (κ3) is 4.04. The predicted octanol–water partition coefficient (Wildman–Crippen LogP) is 4.28. The third-order valence-electron chi connectivity index (χ3n) is 4.23. The highest BCUT2D eigenvalue weighted by Gasteiger charge is 2.24.